The monoisotopic (exact) mass is 497 g/mol. The van der Waals surface area contributed by atoms with Crippen molar-refractivity contribution in [3.63, 3.8) is 0 Å². The van der Waals surface area contributed by atoms with Crippen LogP contribution in [0.4, 0.5) is 0 Å². The first-order valence-corrected chi connectivity index (χ1v) is 11.7. The maximum Gasteiger partial charge on any atom is 0.255 e. The van der Waals surface area contributed by atoms with Crippen LogP contribution >= 0.6 is 0 Å². The van der Waals surface area contributed by atoms with Gasteiger partial charge in [0.1, 0.15) is 13.2 Å². The molecule has 1 aliphatic rings. The highest BCUT2D eigenvalue weighted by Crippen LogP contribution is 2.29. The average Bonchev–Trinajstić information content (AvgIpc) is 3.44. The van der Waals surface area contributed by atoms with Gasteiger partial charge in [0.2, 0.25) is 11.7 Å². The van der Waals surface area contributed by atoms with E-state index < -0.39 is 0 Å². The van der Waals surface area contributed by atoms with Crippen LogP contribution in [0.1, 0.15) is 28.2 Å². The molecule has 4 aromatic heterocycles. The van der Waals surface area contributed by atoms with Crippen molar-refractivity contribution >= 4 is 22.3 Å². The SMILES string of the molecule is COCc1cc(-c2nnc3c4ccccc4c(OCc4ccc(C(=O)N(C)CC5=CC5)cn4)nn23)no1. The number of carbonyl (C=O) groups is 1. The predicted molar refractivity (Wildman–Crippen MR) is 133 cm³/mol. The average molecular weight is 498 g/mol. The highest BCUT2D eigenvalue weighted by molar-refractivity contribution is 5.97. The molecule has 0 aliphatic heterocycles. The number of ether oxygens (including phenoxy) is 2. The Morgan fingerprint density at radius 1 is 1.14 bits per heavy atom. The minimum Gasteiger partial charge on any atom is -0.470 e. The molecule has 0 fully saturated rings. The van der Waals surface area contributed by atoms with Crippen molar-refractivity contribution in [3.8, 4) is 17.4 Å². The lowest BCUT2D eigenvalue weighted by atomic mass is 10.2. The number of nitrogens with zero attached hydrogens (tertiary/aromatic N) is 7. The Balaban J connectivity index is 1.27. The summed E-state index contributed by atoms with van der Waals surface area (Å²) in [5.74, 6) is 1.32. The summed E-state index contributed by atoms with van der Waals surface area (Å²) >= 11 is 0. The quantitative estimate of drug-likeness (QED) is 0.282. The van der Waals surface area contributed by atoms with Crippen molar-refractivity contribution < 1.29 is 18.8 Å². The molecule has 0 saturated heterocycles. The molecule has 1 aliphatic carbocycles. The van der Waals surface area contributed by atoms with Crippen molar-refractivity contribution in [1.82, 2.24) is 34.9 Å². The summed E-state index contributed by atoms with van der Waals surface area (Å²) < 4.78 is 18.1. The minimum absolute atomic E-state index is 0.0625. The van der Waals surface area contributed by atoms with Crippen LogP contribution < -0.4 is 4.74 Å². The highest BCUT2D eigenvalue weighted by Gasteiger charge is 2.20. The van der Waals surface area contributed by atoms with Gasteiger partial charge in [-0.05, 0) is 24.6 Å². The summed E-state index contributed by atoms with van der Waals surface area (Å²) in [4.78, 5) is 18.7. The Morgan fingerprint density at radius 3 is 2.73 bits per heavy atom. The first kappa shape index (κ1) is 22.8. The van der Waals surface area contributed by atoms with E-state index in [9.17, 15) is 4.79 Å². The van der Waals surface area contributed by atoms with Gasteiger partial charge in [0, 0.05) is 43.7 Å². The molecule has 186 valence electrons. The molecule has 37 heavy (non-hydrogen) atoms. The van der Waals surface area contributed by atoms with E-state index in [0.717, 1.165) is 17.2 Å². The zero-order chi connectivity index (χ0) is 25.4. The van der Waals surface area contributed by atoms with Crippen LogP contribution in [0.5, 0.6) is 5.88 Å². The number of benzene rings is 1. The van der Waals surface area contributed by atoms with E-state index in [2.05, 4.69) is 31.5 Å². The lowest BCUT2D eigenvalue weighted by Gasteiger charge is -2.15. The molecule has 0 spiro atoms. The van der Waals surface area contributed by atoms with Crippen LogP contribution in [0.3, 0.4) is 0 Å². The second-order valence-electron chi connectivity index (χ2n) is 8.78. The number of aromatic nitrogens is 6. The number of fused-ring (bicyclic) bond motifs is 3. The number of amides is 1. The summed E-state index contributed by atoms with van der Waals surface area (Å²) in [6, 6.07) is 13.0. The van der Waals surface area contributed by atoms with Gasteiger partial charge in [0.15, 0.2) is 17.1 Å². The minimum atomic E-state index is -0.0625. The first-order chi connectivity index (χ1) is 18.1. The molecule has 6 rings (SSSR count). The van der Waals surface area contributed by atoms with Crippen LogP contribution in [-0.2, 0) is 18.0 Å². The topological polar surface area (TPSA) is 121 Å². The van der Waals surface area contributed by atoms with Gasteiger partial charge in [0.05, 0.1) is 11.3 Å². The number of methoxy groups -OCH3 is 1. The Bertz CT molecular complexity index is 1640. The summed E-state index contributed by atoms with van der Waals surface area (Å²) in [5, 5.41) is 19.0. The van der Waals surface area contributed by atoms with E-state index in [0.29, 0.717) is 53.2 Å². The molecule has 1 aromatic carbocycles. The lowest BCUT2D eigenvalue weighted by Crippen LogP contribution is -2.27. The number of pyridine rings is 1. The molecule has 0 radical (unpaired) electrons. The number of rotatable bonds is 9. The molecule has 1 amide bonds. The third-order valence-corrected chi connectivity index (χ3v) is 6.01. The van der Waals surface area contributed by atoms with Gasteiger partial charge < -0.3 is 18.9 Å². The van der Waals surface area contributed by atoms with Gasteiger partial charge >= 0.3 is 0 Å². The van der Waals surface area contributed by atoms with E-state index in [1.807, 2.05) is 24.3 Å². The van der Waals surface area contributed by atoms with Gasteiger partial charge in [-0.3, -0.25) is 9.78 Å². The summed E-state index contributed by atoms with van der Waals surface area (Å²) in [6.45, 7) is 1.11. The number of hydrogen-bond donors (Lipinski definition) is 0. The zero-order valence-electron chi connectivity index (χ0n) is 20.3. The van der Waals surface area contributed by atoms with Crippen LogP contribution in [0.25, 0.3) is 27.9 Å². The smallest absolute Gasteiger partial charge is 0.255 e. The van der Waals surface area contributed by atoms with Crippen LogP contribution in [0, 0.1) is 0 Å². The summed E-state index contributed by atoms with van der Waals surface area (Å²) in [7, 11) is 3.37. The second-order valence-corrected chi connectivity index (χ2v) is 8.78. The largest absolute Gasteiger partial charge is 0.470 e. The zero-order valence-corrected chi connectivity index (χ0v) is 20.3. The molecule has 5 aromatic rings. The van der Waals surface area contributed by atoms with Gasteiger partial charge in [-0.2, -0.15) is 4.52 Å². The van der Waals surface area contributed by atoms with Gasteiger partial charge in [-0.15, -0.1) is 15.3 Å². The van der Waals surface area contributed by atoms with Gasteiger partial charge in [-0.1, -0.05) is 35.0 Å². The molecule has 11 heteroatoms. The molecular formula is C26H23N7O4. The normalized spacial score (nSPS) is 12.6. The second kappa shape index (κ2) is 9.43. The van der Waals surface area contributed by atoms with E-state index >= 15 is 0 Å². The molecule has 0 saturated carbocycles. The Morgan fingerprint density at radius 2 is 1.97 bits per heavy atom. The number of hydrogen-bond acceptors (Lipinski definition) is 9. The van der Waals surface area contributed by atoms with Crippen molar-refractivity contribution in [3.05, 3.63) is 77.3 Å². The molecule has 0 unspecified atom stereocenters. The fraction of sp³-hybridized carbons (Fsp3) is 0.231. The maximum atomic E-state index is 12.6. The van der Waals surface area contributed by atoms with Crippen LogP contribution in [0.2, 0.25) is 0 Å². The van der Waals surface area contributed by atoms with E-state index in [1.54, 1.807) is 48.0 Å². The summed E-state index contributed by atoms with van der Waals surface area (Å²) in [5.41, 5.74) is 3.53. The number of likely N-dealkylation sites (N-methyl/N-ethyl adjacent to an activating group) is 1. The van der Waals surface area contributed by atoms with Gasteiger partial charge in [-0.25, -0.2) is 0 Å². The van der Waals surface area contributed by atoms with Crippen molar-refractivity contribution in [2.45, 2.75) is 19.6 Å². The first-order valence-electron chi connectivity index (χ1n) is 11.7. The molecule has 0 bridgehead atoms. The predicted octanol–water partition coefficient (Wildman–Crippen LogP) is 3.46. The molecular weight excluding hydrogens is 474 g/mol. The lowest BCUT2D eigenvalue weighted by molar-refractivity contribution is 0.0807. The Kier molecular flexibility index (Phi) is 5.81. The third kappa shape index (κ3) is 4.52. The summed E-state index contributed by atoms with van der Waals surface area (Å²) in [6.07, 6.45) is 4.68. The van der Waals surface area contributed by atoms with E-state index in [-0.39, 0.29) is 12.5 Å². The Hall–Kier alpha value is -4.64. The number of carbonyl (C=O) groups excluding carboxylic acids is 1. The molecule has 0 atom stereocenters. The molecule has 4 heterocycles. The molecule has 11 nitrogen and oxygen atoms in total. The fourth-order valence-electron chi connectivity index (χ4n) is 4.02. The number of allylic oxidation sites excluding steroid dienone is 1. The standard InChI is InChI=1S/C26H23N7O4/c1-32(13-16-7-8-16)26(34)17-9-10-18(27-12-17)14-36-25-21-6-4-3-5-20(21)23-28-29-24(33(23)30-25)22-11-19(15-35-2)37-31-22/h3-7,9-12H,8,13-15H2,1-2H3. The van der Waals surface area contributed by atoms with Crippen molar-refractivity contribution in [1.29, 1.82) is 0 Å². The van der Waals surface area contributed by atoms with Crippen LogP contribution in [-0.4, -0.2) is 61.5 Å². The van der Waals surface area contributed by atoms with Gasteiger partial charge in [0.25, 0.3) is 5.91 Å². The van der Waals surface area contributed by atoms with Crippen molar-refractivity contribution in [2.24, 2.45) is 0 Å². The van der Waals surface area contributed by atoms with E-state index in [4.69, 9.17) is 14.0 Å². The van der Waals surface area contributed by atoms with E-state index in [1.165, 1.54) is 5.57 Å². The molecule has 0 N–H and O–H groups in total. The van der Waals surface area contributed by atoms with Crippen molar-refractivity contribution in [2.75, 3.05) is 20.7 Å². The van der Waals surface area contributed by atoms with Crippen LogP contribution in [0.15, 0.2) is 64.8 Å². The Labute approximate surface area is 211 Å². The highest BCUT2D eigenvalue weighted by atomic mass is 16.5. The third-order valence-electron chi connectivity index (χ3n) is 6.01. The maximum absolute atomic E-state index is 12.6. The fourth-order valence-corrected chi connectivity index (χ4v) is 4.02.